The minimum absolute atomic E-state index is 0.111. The quantitative estimate of drug-likeness (QED) is 0.525. The Hall–Kier alpha value is -1.54. The van der Waals surface area contributed by atoms with Crippen molar-refractivity contribution in [3.63, 3.8) is 0 Å². The number of hydrogen-bond acceptors (Lipinski definition) is 5. The fourth-order valence-electron chi connectivity index (χ4n) is 1.82. The van der Waals surface area contributed by atoms with Gasteiger partial charge in [0.2, 0.25) is 5.91 Å². The molecule has 1 aromatic carbocycles. The van der Waals surface area contributed by atoms with Crippen LogP contribution < -0.4 is 10.9 Å². The van der Waals surface area contributed by atoms with Gasteiger partial charge >= 0.3 is 0 Å². The molecule has 2 heterocycles. The Bertz CT molecular complexity index is 939. The van der Waals surface area contributed by atoms with Crippen LogP contribution in [0.1, 0.15) is 0 Å². The number of carbonyl (C=O) groups is 1. The van der Waals surface area contributed by atoms with Crippen LogP contribution in [0.15, 0.2) is 39.6 Å². The average molecular weight is 386 g/mol. The minimum Gasteiger partial charge on any atom is -0.325 e. The fourth-order valence-corrected chi connectivity index (χ4v) is 3.60. The van der Waals surface area contributed by atoms with E-state index < -0.39 is 0 Å². The van der Waals surface area contributed by atoms with Crippen LogP contribution in [0.2, 0.25) is 10.0 Å². The fraction of sp³-hybridized carbons (Fsp3) is 0.0714. The molecule has 5 nitrogen and oxygen atoms in total. The van der Waals surface area contributed by atoms with Gasteiger partial charge in [-0.25, -0.2) is 4.98 Å². The first kappa shape index (κ1) is 16.3. The van der Waals surface area contributed by atoms with Gasteiger partial charge in [-0.15, -0.1) is 11.3 Å². The van der Waals surface area contributed by atoms with Gasteiger partial charge < -0.3 is 10.3 Å². The number of H-pyrrole nitrogens is 1. The van der Waals surface area contributed by atoms with E-state index in [-0.39, 0.29) is 17.2 Å². The molecule has 3 rings (SSSR count). The Morgan fingerprint density at radius 2 is 2.13 bits per heavy atom. The van der Waals surface area contributed by atoms with Crippen molar-refractivity contribution < 1.29 is 4.79 Å². The van der Waals surface area contributed by atoms with Gasteiger partial charge in [-0.1, -0.05) is 35.0 Å². The molecule has 0 atom stereocenters. The number of carbonyl (C=O) groups excluding carboxylic acids is 1. The second-order valence-corrected chi connectivity index (χ2v) is 7.15. The molecule has 0 saturated carbocycles. The third-order valence-electron chi connectivity index (χ3n) is 2.86. The number of thioether (sulfide) groups is 1. The van der Waals surface area contributed by atoms with Gasteiger partial charge in [0.05, 0.1) is 21.2 Å². The second kappa shape index (κ2) is 6.92. The van der Waals surface area contributed by atoms with Crippen molar-refractivity contribution in [1.82, 2.24) is 9.97 Å². The SMILES string of the molecule is O=C(CSc1nc2sccc2c(=O)[nH]1)Nc1ccc(Cl)c(Cl)c1. The van der Waals surface area contributed by atoms with Crippen molar-refractivity contribution in [3.8, 4) is 0 Å². The van der Waals surface area contributed by atoms with Crippen molar-refractivity contribution in [3.05, 3.63) is 50.0 Å². The van der Waals surface area contributed by atoms with Crippen molar-refractivity contribution in [2.24, 2.45) is 0 Å². The van der Waals surface area contributed by atoms with E-state index in [0.717, 1.165) is 11.8 Å². The predicted octanol–water partition coefficient (Wildman–Crippen LogP) is 4.02. The maximum atomic E-state index is 12.0. The number of hydrogen-bond donors (Lipinski definition) is 2. The molecule has 9 heteroatoms. The van der Waals surface area contributed by atoms with Crippen LogP contribution in [-0.4, -0.2) is 21.6 Å². The van der Waals surface area contributed by atoms with Crippen LogP contribution in [0.3, 0.4) is 0 Å². The zero-order chi connectivity index (χ0) is 16.4. The van der Waals surface area contributed by atoms with Crippen LogP contribution in [0, 0.1) is 0 Å². The number of rotatable bonds is 4. The van der Waals surface area contributed by atoms with E-state index >= 15 is 0 Å². The number of nitrogens with zero attached hydrogens (tertiary/aromatic N) is 1. The predicted molar refractivity (Wildman–Crippen MR) is 96.1 cm³/mol. The van der Waals surface area contributed by atoms with Gasteiger partial charge in [0.15, 0.2) is 5.16 Å². The summed E-state index contributed by atoms with van der Waals surface area (Å²) in [7, 11) is 0. The molecule has 0 aliphatic rings. The number of nitrogens with one attached hydrogen (secondary N) is 2. The zero-order valence-corrected chi connectivity index (χ0v) is 14.6. The van der Waals surface area contributed by atoms with Crippen molar-refractivity contribution in [2.45, 2.75) is 5.16 Å². The lowest BCUT2D eigenvalue weighted by Gasteiger charge is -2.06. The third-order valence-corrected chi connectivity index (χ3v) is 5.28. The van der Waals surface area contributed by atoms with Gasteiger partial charge in [-0.05, 0) is 29.6 Å². The Morgan fingerprint density at radius 1 is 1.30 bits per heavy atom. The highest BCUT2D eigenvalue weighted by molar-refractivity contribution is 7.99. The molecule has 0 bridgehead atoms. The number of thiophene rings is 1. The zero-order valence-electron chi connectivity index (χ0n) is 11.4. The van der Waals surface area contributed by atoms with Crippen LogP contribution >= 0.6 is 46.3 Å². The summed E-state index contributed by atoms with van der Waals surface area (Å²) in [6, 6.07) is 6.56. The molecular formula is C14H9Cl2N3O2S2. The number of anilines is 1. The van der Waals surface area contributed by atoms with Gasteiger partial charge in [-0.3, -0.25) is 9.59 Å². The summed E-state index contributed by atoms with van der Waals surface area (Å²) < 4.78 is 0. The molecule has 0 aliphatic carbocycles. The number of fused-ring (bicyclic) bond motifs is 1. The molecule has 2 aromatic heterocycles. The third kappa shape index (κ3) is 3.87. The largest absolute Gasteiger partial charge is 0.325 e. The van der Waals surface area contributed by atoms with Gasteiger partial charge in [-0.2, -0.15) is 0 Å². The minimum atomic E-state index is -0.234. The first-order valence-electron chi connectivity index (χ1n) is 6.38. The maximum Gasteiger partial charge on any atom is 0.260 e. The normalized spacial score (nSPS) is 10.9. The molecule has 2 N–H and O–H groups in total. The molecule has 0 saturated heterocycles. The van der Waals surface area contributed by atoms with Crippen molar-refractivity contribution >= 4 is 68.1 Å². The smallest absolute Gasteiger partial charge is 0.260 e. The lowest BCUT2D eigenvalue weighted by Crippen LogP contribution is -2.15. The van der Waals surface area contributed by atoms with Crippen LogP contribution in [0.5, 0.6) is 0 Å². The van der Waals surface area contributed by atoms with E-state index in [0.29, 0.717) is 31.1 Å². The van der Waals surface area contributed by atoms with Crippen LogP contribution in [-0.2, 0) is 4.79 Å². The summed E-state index contributed by atoms with van der Waals surface area (Å²) in [5.41, 5.74) is 0.351. The van der Waals surface area contributed by atoms with Gasteiger partial charge in [0.1, 0.15) is 4.83 Å². The number of aromatic nitrogens is 2. The lowest BCUT2D eigenvalue weighted by molar-refractivity contribution is -0.113. The molecule has 1 amide bonds. The van der Waals surface area contributed by atoms with Crippen molar-refractivity contribution in [1.29, 1.82) is 0 Å². The summed E-state index contributed by atoms with van der Waals surface area (Å²) in [5.74, 6) is -0.123. The van der Waals surface area contributed by atoms with E-state index in [4.69, 9.17) is 23.2 Å². The van der Waals surface area contributed by atoms with Gasteiger partial charge in [0, 0.05) is 5.69 Å². The van der Waals surface area contributed by atoms with Crippen LogP contribution in [0.25, 0.3) is 10.2 Å². The topological polar surface area (TPSA) is 74.8 Å². The average Bonchev–Trinajstić information content (AvgIpc) is 2.98. The second-order valence-electron chi connectivity index (χ2n) is 4.48. The maximum absolute atomic E-state index is 12.0. The Kier molecular flexibility index (Phi) is 4.91. The molecule has 118 valence electrons. The Morgan fingerprint density at radius 3 is 2.91 bits per heavy atom. The summed E-state index contributed by atoms with van der Waals surface area (Å²) in [6.07, 6.45) is 0. The molecular weight excluding hydrogens is 377 g/mol. The summed E-state index contributed by atoms with van der Waals surface area (Å²) in [6.45, 7) is 0. The molecule has 0 fully saturated rings. The van der Waals surface area contributed by atoms with Crippen LogP contribution in [0.4, 0.5) is 5.69 Å². The molecule has 0 spiro atoms. The molecule has 23 heavy (non-hydrogen) atoms. The lowest BCUT2D eigenvalue weighted by atomic mass is 10.3. The Labute approximate surface area is 149 Å². The highest BCUT2D eigenvalue weighted by atomic mass is 35.5. The number of amides is 1. The molecule has 0 unspecified atom stereocenters. The van der Waals surface area contributed by atoms with E-state index in [1.807, 2.05) is 0 Å². The highest BCUT2D eigenvalue weighted by Crippen LogP contribution is 2.25. The van der Waals surface area contributed by atoms with E-state index in [2.05, 4.69) is 15.3 Å². The highest BCUT2D eigenvalue weighted by Gasteiger charge is 2.09. The first-order chi connectivity index (χ1) is 11.0. The molecule has 0 aliphatic heterocycles. The number of aromatic amines is 1. The number of halogens is 2. The monoisotopic (exact) mass is 385 g/mol. The Balaban J connectivity index is 1.65. The number of benzene rings is 1. The van der Waals surface area contributed by atoms with E-state index in [1.54, 1.807) is 29.6 Å². The summed E-state index contributed by atoms with van der Waals surface area (Å²) >= 11 is 14.3. The standard InChI is InChI=1S/C14H9Cl2N3O2S2/c15-9-2-1-7(5-10(9)16)17-11(20)6-23-14-18-12(21)8-3-4-22-13(8)19-14/h1-5H,6H2,(H,17,20)(H,18,19,21). The molecule has 0 radical (unpaired) electrons. The summed E-state index contributed by atoms with van der Waals surface area (Å²) in [5, 5.41) is 6.27. The van der Waals surface area contributed by atoms with E-state index in [1.165, 1.54) is 11.3 Å². The van der Waals surface area contributed by atoms with Gasteiger partial charge in [0.25, 0.3) is 5.56 Å². The van der Waals surface area contributed by atoms with E-state index in [9.17, 15) is 9.59 Å². The molecule has 3 aromatic rings. The summed E-state index contributed by atoms with van der Waals surface area (Å²) in [4.78, 5) is 31.4. The van der Waals surface area contributed by atoms with Crippen molar-refractivity contribution in [2.75, 3.05) is 11.1 Å². The first-order valence-corrected chi connectivity index (χ1v) is 9.00.